The molecule has 3 rings (SSSR count). The summed E-state index contributed by atoms with van der Waals surface area (Å²) in [6, 6.07) is 10.4. The lowest BCUT2D eigenvalue weighted by Crippen LogP contribution is -2.16. The zero-order valence-electron chi connectivity index (χ0n) is 14.2. The van der Waals surface area contributed by atoms with E-state index in [2.05, 4.69) is 10.9 Å². The lowest BCUT2D eigenvalue weighted by atomic mass is 10.2. The van der Waals surface area contributed by atoms with E-state index in [9.17, 15) is 4.79 Å². The van der Waals surface area contributed by atoms with Gasteiger partial charge >= 0.3 is 0 Å². The molecule has 0 bridgehead atoms. The van der Waals surface area contributed by atoms with Crippen LogP contribution in [-0.4, -0.2) is 24.7 Å². The summed E-state index contributed by atoms with van der Waals surface area (Å²) in [5.41, 5.74) is 1.18. The van der Waals surface area contributed by atoms with E-state index in [1.807, 2.05) is 22.8 Å². The Balaban J connectivity index is 2.17. The summed E-state index contributed by atoms with van der Waals surface area (Å²) < 4.78 is 13.2. The molecule has 0 radical (unpaired) electrons. The van der Waals surface area contributed by atoms with E-state index in [-0.39, 0.29) is 0 Å². The molecule has 5 nitrogen and oxygen atoms in total. The van der Waals surface area contributed by atoms with Crippen molar-refractivity contribution >= 4 is 39.1 Å². The van der Waals surface area contributed by atoms with E-state index in [1.165, 1.54) is 24.5 Å². The predicted molar refractivity (Wildman–Crippen MR) is 103 cm³/mol. The fourth-order valence-electron chi connectivity index (χ4n) is 2.50. The lowest BCUT2D eigenvalue weighted by molar-refractivity contribution is 0.0995. The van der Waals surface area contributed by atoms with E-state index in [4.69, 9.17) is 27.5 Å². The van der Waals surface area contributed by atoms with Crippen LogP contribution in [0.5, 0.6) is 11.5 Å². The topological polar surface area (TPSA) is 52.8 Å². The number of methoxy groups -OCH3 is 2. The molecule has 3 aromatic rings. The molecule has 0 unspecified atom stereocenters. The van der Waals surface area contributed by atoms with Crippen molar-refractivity contribution in [3.05, 3.63) is 51.8 Å². The Kier molecular flexibility index (Phi) is 5.31. The molecule has 0 saturated carbocycles. The van der Waals surface area contributed by atoms with E-state index >= 15 is 0 Å². The Morgan fingerprint density at radius 1 is 1.27 bits per heavy atom. The van der Waals surface area contributed by atoms with Crippen LogP contribution in [0.25, 0.3) is 10.2 Å². The first kappa shape index (κ1) is 18.1. The van der Waals surface area contributed by atoms with Crippen LogP contribution in [0.3, 0.4) is 0 Å². The highest BCUT2D eigenvalue weighted by atomic mass is 35.5. The maximum absolute atomic E-state index is 12.7. The van der Waals surface area contributed by atoms with Gasteiger partial charge in [0.2, 0.25) is 0 Å². The molecule has 0 fully saturated rings. The minimum absolute atomic E-state index is 0.294. The van der Waals surface area contributed by atoms with Crippen molar-refractivity contribution in [3.63, 3.8) is 0 Å². The van der Waals surface area contributed by atoms with Gasteiger partial charge in [-0.05, 0) is 36.4 Å². The monoisotopic (exact) mass is 386 g/mol. The first-order chi connectivity index (χ1) is 12.6. The second kappa shape index (κ2) is 7.65. The van der Waals surface area contributed by atoms with Crippen molar-refractivity contribution in [2.45, 2.75) is 6.54 Å². The quantitative estimate of drug-likeness (QED) is 0.642. The second-order valence-electron chi connectivity index (χ2n) is 5.27. The fraction of sp³-hybridized carbons (Fsp3) is 0.158. The summed E-state index contributed by atoms with van der Waals surface area (Å²) in [6.07, 6.45) is 5.49. The number of hydrogen-bond donors (Lipinski definition) is 0. The number of terminal acetylenes is 1. The fourth-order valence-corrected chi connectivity index (χ4v) is 3.73. The van der Waals surface area contributed by atoms with Crippen molar-refractivity contribution in [1.29, 1.82) is 0 Å². The van der Waals surface area contributed by atoms with Crippen LogP contribution < -0.4 is 14.3 Å². The molecule has 1 heterocycles. The van der Waals surface area contributed by atoms with Gasteiger partial charge in [-0.3, -0.25) is 4.79 Å². The number of carbonyl (C=O) groups excluding carboxylic acids is 1. The Morgan fingerprint density at radius 3 is 2.77 bits per heavy atom. The molecule has 0 saturated heterocycles. The number of rotatable bonds is 4. The van der Waals surface area contributed by atoms with Crippen molar-refractivity contribution in [3.8, 4) is 23.8 Å². The zero-order valence-corrected chi connectivity index (χ0v) is 15.7. The van der Waals surface area contributed by atoms with Gasteiger partial charge in [-0.1, -0.05) is 28.9 Å². The Morgan fingerprint density at radius 2 is 2.08 bits per heavy atom. The highest BCUT2D eigenvalue weighted by Gasteiger charge is 2.14. The highest BCUT2D eigenvalue weighted by Crippen LogP contribution is 2.25. The zero-order chi connectivity index (χ0) is 18.7. The van der Waals surface area contributed by atoms with Gasteiger partial charge in [0.25, 0.3) is 5.91 Å². The molecule has 7 heteroatoms. The predicted octanol–water partition coefficient (Wildman–Crippen LogP) is 3.75. The minimum Gasteiger partial charge on any atom is -0.497 e. The number of halogens is 1. The molecular weight excluding hydrogens is 372 g/mol. The first-order valence-corrected chi connectivity index (χ1v) is 8.80. The molecule has 0 aliphatic carbocycles. The number of thiazole rings is 1. The molecule has 132 valence electrons. The molecule has 1 aromatic heterocycles. The number of carbonyl (C=O) groups is 1. The molecular formula is C19H15ClN2O3S. The summed E-state index contributed by atoms with van der Waals surface area (Å²) in [5, 5.41) is 0.432. The first-order valence-electron chi connectivity index (χ1n) is 7.61. The van der Waals surface area contributed by atoms with Gasteiger partial charge in [-0.25, -0.2) is 0 Å². The van der Waals surface area contributed by atoms with Crippen molar-refractivity contribution < 1.29 is 14.3 Å². The maximum Gasteiger partial charge on any atom is 0.283 e. The third-order valence-corrected chi connectivity index (χ3v) is 5.00. The van der Waals surface area contributed by atoms with Gasteiger partial charge < -0.3 is 14.0 Å². The van der Waals surface area contributed by atoms with E-state index < -0.39 is 5.91 Å². The third-order valence-electron chi connectivity index (χ3n) is 3.73. The van der Waals surface area contributed by atoms with Crippen LogP contribution >= 0.6 is 22.9 Å². The number of hydrogen-bond acceptors (Lipinski definition) is 4. The van der Waals surface area contributed by atoms with Crippen LogP contribution in [0.1, 0.15) is 10.4 Å². The number of nitrogens with zero attached hydrogens (tertiary/aromatic N) is 2. The molecule has 1 amide bonds. The smallest absolute Gasteiger partial charge is 0.283 e. The molecule has 2 aromatic carbocycles. The SMILES string of the molecule is C#CCn1c(=NC(=O)c2cc(Cl)ccc2OC)sc2cc(OC)ccc21. The van der Waals surface area contributed by atoms with Crippen molar-refractivity contribution in [2.24, 2.45) is 4.99 Å². The van der Waals surface area contributed by atoms with Gasteiger partial charge in [0.1, 0.15) is 11.5 Å². The Bertz CT molecular complexity index is 1090. The second-order valence-corrected chi connectivity index (χ2v) is 6.72. The lowest BCUT2D eigenvalue weighted by Gasteiger charge is -2.05. The Hall–Kier alpha value is -2.75. The number of fused-ring (bicyclic) bond motifs is 1. The summed E-state index contributed by atoms with van der Waals surface area (Å²) in [6.45, 7) is 0.297. The van der Waals surface area contributed by atoms with Crippen molar-refractivity contribution in [2.75, 3.05) is 14.2 Å². The average molecular weight is 387 g/mol. The van der Waals surface area contributed by atoms with Crippen LogP contribution in [0.15, 0.2) is 41.4 Å². The number of aromatic nitrogens is 1. The number of ether oxygens (including phenoxy) is 2. The molecule has 26 heavy (non-hydrogen) atoms. The normalized spacial score (nSPS) is 11.4. The third kappa shape index (κ3) is 3.45. The van der Waals surface area contributed by atoms with Gasteiger partial charge in [0.15, 0.2) is 4.80 Å². The molecule has 0 N–H and O–H groups in total. The summed E-state index contributed by atoms with van der Waals surface area (Å²) in [4.78, 5) is 17.5. The molecule has 0 spiro atoms. The van der Waals surface area contributed by atoms with E-state index in [1.54, 1.807) is 19.2 Å². The van der Waals surface area contributed by atoms with Crippen LogP contribution in [0.4, 0.5) is 0 Å². The van der Waals surface area contributed by atoms with Gasteiger partial charge in [0.05, 0.1) is 36.5 Å². The Labute approximate surface area is 159 Å². The minimum atomic E-state index is -0.450. The van der Waals surface area contributed by atoms with Crippen LogP contribution in [-0.2, 0) is 6.54 Å². The number of amides is 1. The van der Waals surface area contributed by atoms with Gasteiger partial charge in [0, 0.05) is 5.02 Å². The molecule has 0 aliphatic rings. The number of benzene rings is 2. The van der Waals surface area contributed by atoms with Gasteiger partial charge in [-0.2, -0.15) is 4.99 Å². The largest absolute Gasteiger partial charge is 0.497 e. The van der Waals surface area contributed by atoms with Crippen LogP contribution in [0, 0.1) is 12.3 Å². The van der Waals surface area contributed by atoms with Gasteiger partial charge in [-0.15, -0.1) is 6.42 Å². The summed E-state index contributed by atoms with van der Waals surface area (Å²) >= 11 is 7.37. The molecule has 0 aliphatic heterocycles. The highest BCUT2D eigenvalue weighted by molar-refractivity contribution is 7.16. The molecule has 0 atom stereocenters. The summed E-state index contributed by atoms with van der Waals surface area (Å²) in [7, 11) is 3.09. The standard InChI is InChI=1S/C19H15ClN2O3S/c1-4-9-22-15-7-6-13(24-2)11-17(15)26-19(22)21-18(23)14-10-12(20)5-8-16(14)25-3/h1,5-8,10-11H,9H2,2-3H3. The maximum atomic E-state index is 12.7. The van der Waals surface area contributed by atoms with E-state index in [0.717, 1.165) is 16.0 Å². The average Bonchev–Trinajstić information content (AvgIpc) is 2.98. The van der Waals surface area contributed by atoms with E-state index in [0.29, 0.717) is 27.7 Å². The summed E-state index contributed by atoms with van der Waals surface area (Å²) in [5.74, 6) is 3.28. The van der Waals surface area contributed by atoms with Crippen molar-refractivity contribution in [1.82, 2.24) is 4.57 Å². The van der Waals surface area contributed by atoms with Crippen LogP contribution in [0.2, 0.25) is 5.02 Å².